The molecule has 1 aromatic carbocycles. The Morgan fingerprint density at radius 3 is 2.43 bits per heavy atom. The summed E-state index contributed by atoms with van der Waals surface area (Å²) in [6.45, 7) is 8.52. The summed E-state index contributed by atoms with van der Waals surface area (Å²) in [5.74, 6) is 0. The molecule has 1 aromatic heterocycles. The molecule has 0 amide bonds. The Morgan fingerprint density at radius 1 is 1.13 bits per heavy atom. The smallest absolute Gasteiger partial charge is 0.240 e. The van der Waals surface area contributed by atoms with Gasteiger partial charge in [0, 0.05) is 23.8 Å². The largest absolute Gasteiger partial charge is 0.270 e. The molecule has 0 spiro atoms. The fourth-order valence-corrected chi connectivity index (χ4v) is 4.06. The van der Waals surface area contributed by atoms with Crippen LogP contribution in [0.15, 0.2) is 23.1 Å². The third kappa shape index (κ3) is 4.34. The fraction of sp³-hybridized carbons (Fsp3) is 0.438. The lowest BCUT2D eigenvalue weighted by Crippen LogP contribution is -2.26. The van der Waals surface area contributed by atoms with Gasteiger partial charge in [0.1, 0.15) is 0 Å². The van der Waals surface area contributed by atoms with Crippen molar-refractivity contribution < 1.29 is 8.42 Å². The number of benzene rings is 1. The van der Waals surface area contributed by atoms with Gasteiger partial charge in [-0.15, -0.1) is 0 Å². The summed E-state index contributed by atoms with van der Waals surface area (Å²) in [6, 6.07) is 5.30. The predicted molar refractivity (Wildman–Crippen MR) is 92.4 cm³/mol. The zero-order chi connectivity index (χ0) is 17.2. The Labute approximate surface area is 142 Å². The van der Waals surface area contributed by atoms with Gasteiger partial charge in [0.25, 0.3) is 0 Å². The summed E-state index contributed by atoms with van der Waals surface area (Å²) < 4.78 is 29.4. The Hall–Kier alpha value is -1.37. The summed E-state index contributed by atoms with van der Waals surface area (Å²) in [7, 11) is -3.53. The zero-order valence-corrected chi connectivity index (χ0v) is 15.4. The van der Waals surface area contributed by atoms with Gasteiger partial charge in [-0.05, 0) is 63.4 Å². The number of sulfonamides is 1. The number of rotatable bonds is 6. The fourth-order valence-electron chi connectivity index (χ4n) is 2.46. The van der Waals surface area contributed by atoms with Crippen molar-refractivity contribution in [1.82, 2.24) is 14.5 Å². The first-order chi connectivity index (χ1) is 10.7. The van der Waals surface area contributed by atoms with Crippen molar-refractivity contribution in [2.75, 3.05) is 6.54 Å². The van der Waals surface area contributed by atoms with Crippen molar-refractivity contribution in [2.45, 2.75) is 45.6 Å². The van der Waals surface area contributed by atoms with Crippen molar-refractivity contribution in [3.05, 3.63) is 45.7 Å². The van der Waals surface area contributed by atoms with Crippen LogP contribution in [0.1, 0.15) is 28.9 Å². The molecule has 2 aromatic rings. The lowest BCUT2D eigenvalue weighted by atomic mass is 10.2. The highest BCUT2D eigenvalue weighted by atomic mass is 35.5. The first-order valence-electron chi connectivity index (χ1n) is 7.48. The maximum atomic E-state index is 12.4. The van der Waals surface area contributed by atoms with Crippen molar-refractivity contribution in [1.29, 1.82) is 0 Å². The topological polar surface area (TPSA) is 64.0 Å². The van der Waals surface area contributed by atoms with E-state index in [4.69, 9.17) is 11.6 Å². The number of nitrogens with zero attached hydrogens (tertiary/aromatic N) is 2. The van der Waals surface area contributed by atoms with Crippen molar-refractivity contribution in [3.8, 4) is 0 Å². The van der Waals surface area contributed by atoms with E-state index in [1.165, 1.54) is 0 Å². The highest BCUT2D eigenvalue weighted by molar-refractivity contribution is 7.89. The van der Waals surface area contributed by atoms with Gasteiger partial charge in [-0.2, -0.15) is 5.10 Å². The quantitative estimate of drug-likeness (QED) is 0.809. The van der Waals surface area contributed by atoms with E-state index in [0.717, 1.165) is 17.0 Å². The van der Waals surface area contributed by atoms with Crippen LogP contribution in [-0.4, -0.2) is 24.7 Å². The minimum atomic E-state index is -3.53. The minimum Gasteiger partial charge on any atom is -0.270 e. The number of aryl methyl sites for hydroxylation is 5. The molecule has 0 unspecified atom stereocenters. The molecule has 5 nitrogen and oxygen atoms in total. The SMILES string of the molecule is Cc1cc(C)n(CCCNS(=O)(=O)c2cc(C)c(Cl)cc2C)n1. The number of halogens is 1. The number of hydrogen-bond donors (Lipinski definition) is 1. The Morgan fingerprint density at radius 2 is 1.83 bits per heavy atom. The molecule has 1 heterocycles. The number of nitrogens with one attached hydrogen (secondary N) is 1. The van der Waals surface area contributed by atoms with E-state index in [1.807, 2.05) is 24.6 Å². The molecule has 0 aliphatic rings. The maximum absolute atomic E-state index is 12.4. The van der Waals surface area contributed by atoms with Gasteiger partial charge in [-0.3, -0.25) is 4.68 Å². The first-order valence-corrected chi connectivity index (χ1v) is 9.34. The highest BCUT2D eigenvalue weighted by Crippen LogP contribution is 2.23. The molecule has 2 rings (SSSR count). The molecule has 0 fully saturated rings. The standard InChI is InChI=1S/C16H22ClN3O2S/c1-11-9-16(12(2)8-15(11)17)23(21,22)18-6-5-7-20-14(4)10-13(3)19-20/h8-10,18H,5-7H2,1-4H3. The summed E-state index contributed by atoms with van der Waals surface area (Å²) in [4.78, 5) is 0.283. The second kappa shape index (κ2) is 7.03. The van der Waals surface area contributed by atoms with E-state index in [9.17, 15) is 8.42 Å². The van der Waals surface area contributed by atoms with E-state index in [2.05, 4.69) is 9.82 Å². The van der Waals surface area contributed by atoms with Gasteiger partial charge in [0.2, 0.25) is 10.0 Å². The van der Waals surface area contributed by atoms with Crippen LogP contribution in [0.5, 0.6) is 0 Å². The zero-order valence-electron chi connectivity index (χ0n) is 13.9. The molecule has 0 saturated carbocycles. The Bertz CT molecular complexity index is 813. The second-order valence-corrected chi connectivity index (χ2v) is 7.91. The van der Waals surface area contributed by atoms with E-state index >= 15 is 0 Å². The van der Waals surface area contributed by atoms with E-state index in [1.54, 1.807) is 26.0 Å². The minimum absolute atomic E-state index is 0.283. The van der Waals surface area contributed by atoms with Crippen molar-refractivity contribution in [2.24, 2.45) is 0 Å². The van der Waals surface area contributed by atoms with Crippen LogP contribution < -0.4 is 4.72 Å². The van der Waals surface area contributed by atoms with Crippen LogP contribution in [0.25, 0.3) is 0 Å². The predicted octanol–water partition coefficient (Wildman–Crippen LogP) is 3.14. The van der Waals surface area contributed by atoms with E-state index < -0.39 is 10.0 Å². The van der Waals surface area contributed by atoms with Crippen LogP contribution in [0.2, 0.25) is 5.02 Å². The molecule has 0 atom stereocenters. The van der Waals surface area contributed by atoms with E-state index in [0.29, 0.717) is 30.1 Å². The summed E-state index contributed by atoms with van der Waals surface area (Å²) >= 11 is 6.02. The van der Waals surface area contributed by atoms with Gasteiger partial charge >= 0.3 is 0 Å². The summed E-state index contributed by atoms with van der Waals surface area (Å²) in [6.07, 6.45) is 0.673. The molecule has 0 saturated heterocycles. The molecule has 0 radical (unpaired) electrons. The number of aromatic nitrogens is 2. The lowest BCUT2D eigenvalue weighted by molar-refractivity contribution is 0.544. The van der Waals surface area contributed by atoms with Gasteiger partial charge < -0.3 is 0 Å². The third-order valence-electron chi connectivity index (χ3n) is 3.69. The third-order valence-corrected chi connectivity index (χ3v) is 5.70. The monoisotopic (exact) mass is 355 g/mol. The average molecular weight is 356 g/mol. The number of hydrogen-bond acceptors (Lipinski definition) is 3. The van der Waals surface area contributed by atoms with Crippen LogP contribution in [0.3, 0.4) is 0 Å². The van der Waals surface area contributed by atoms with Crippen LogP contribution in [0.4, 0.5) is 0 Å². The van der Waals surface area contributed by atoms with Crippen LogP contribution in [0, 0.1) is 27.7 Å². The molecular formula is C16H22ClN3O2S. The van der Waals surface area contributed by atoms with Crippen LogP contribution in [-0.2, 0) is 16.6 Å². The summed E-state index contributed by atoms with van der Waals surface area (Å²) in [5.41, 5.74) is 3.44. The molecule has 0 aliphatic heterocycles. The molecular weight excluding hydrogens is 334 g/mol. The average Bonchev–Trinajstić information content (AvgIpc) is 2.77. The molecule has 1 N–H and O–H groups in total. The van der Waals surface area contributed by atoms with Gasteiger partial charge in [-0.25, -0.2) is 13.1 Å². The normalized spacial score (nSPS) is 11.9. The lowest BCUT2D eigenvalue weighted by Gasteiger charge is -2.11. The molecule has 23 heavy (non-hydrogen) atoms. The molecule has 0 aliphatic carbocycles. The first kappa shape index (κ1) is 18.0. The maximum Gasteiger partial charge on any atom is 0.240 e. The Kier molecular flexibility index (Phi) is 5.49. The summed E-state index contributed by atoms with van der Waals surface area (Å²) in [5, 5.41) is 4.94. The highest BCUT2D eigenvalue weighted by Gasteiger charge is 2.17. The second-order valence-electron chi connectivity index (χ2n) is 5.77. The Balaban J connectivity index is 1.99. The van der Waals surface area contributed by atoms with Crippen molar-refractivity contribution in [3.63, 3.8) is 0 Å². The molecule has 0 bridgehead atoms. The van der Waals surface area contributed by atoms with Crippen LogP contribution >= 0.6 is 11.6 Å². The molecule has 7 heteroatoms. The van der Waals surface area contributed by atoms with Gasteiger partial charge in [0.05, 0.1) is 10.6 Å². The van der Waals surface area contributed by atoms with Gasteiger partial charge in [-0.1, -0.05) is 11.6 Å². The van der Waals surface area contributed by atoms with Crippen molar-refractivity contribution >= 4 is 21.6 Å². The molecule has 126 valence electrons. The van der Waals surface area contributed by atoms with Gasteiger partial charge in [0.15, 0.2) is 0 Å². The van der Waals surface area contributed by atoms with E-state index in [-0.39, 0.29) is 4.90 Å².